The number of carbonyl (C=O) groups excluding carboxylic acids is 1. The van der Waals surface area contributed by atoms with Gasteiger partial charge in [0.15, 0.2) is 5.82 Å². The Bertz CT molecular complexity index is 866. The quantitative estimate of drug-likeness (QED) is 0.733. The molecule has 4 rings (SSSR count). The molecule has 0 bridgehead atoms. The molecule has 29 heavy (non-hydrogen) atoms. The molecule has 0 radical (unpaired) electrons. The van der Waals surface area contributed by atoms with E-state index in [1.807, 2.05) is 17.0 Å². The molecule has 1 aliphatic heterocycles. The molecule has 154 valence electrons. The molecule has 1 N–H and O–H groups in total. The van der Waals surface area contributed by atoms with Gasteiger partial charge in [-0.2, -0.15) is 4.98 Å². The van der Waals surface area contributed by atoms with E-state index in [0.29, 0.717) is 36.1 Å². The summed E-state index contributed by atoms with van der Waals surface area (Å²) in [7, 11) is 0. The van der Waals surface area contributed by atoms with Crippen LogP contribution in [0.1, 0.15) is 72.1 Å². The fraction of sp³-hybridized carbons (Fsp3) is 0.545. The molecular weight excluding hydrogens is 370 g/mol. The van der Waals surface area contributed by atoms with Crippen molar-refractivity contribution in [1.29, 1.82) is 0 Å². The van der Waals surface area contributed by atoms with Crippen LogP contribution in [0.5, 0.6) is 0 Å². The molecule has 1 aromatic heterocycles. The highest BCUT2D eigenvalue weighted by Gasteiger charge is 2.29. The number of likely N-dealkylation sites (tertiary alicyclic amines) is 1. The summed E-state index contributed by atoms with van der Waals surface area (Å²) in [6.07, 6.45) is 6.73. The minimum atomic E-state index is -0.876. The number of hydrogen-bond acceptors (Lipinski definition) is 5. The Labute approximate surface area is 170 Å². The lowest BCUT2D eigenvalue weighted by Gasteiger charge is -2.32. The minimum Gasteiger partial charge on any atom is -0.478 e. The Kier molecular flexibility index (Phi) is 5.92. The highest BCUT2D eigenvalue weighted by molar-refractivity contribution is 5.89. The molecule has 2 heterocycles. The van der Waals surface area contributed by atoms with Gasteiger partial charge in [-0.1, -0.05) is 23.4 Å². The van der Waals surface area contributed by atoms with Crippen LogP contribution >= 0.6 is 0 Å². The van der Waals surface area contributed by atoms with Gasteiger partial charge in [0.2, 0.25) is 11.8 Å². The number of hydrogen-bond donors (Lipinski definition) is 1. The molecule has 7 heteroatoms. The highest BCUT2D eigenvalue weighted by atomic mass is 16.5. The smallest absolute Gasteiger partial charge is 0.335 e. The van der Waals surface area contributed by atoms with E-state index in [2.05, 4.69) is 10.1 Å². The molecular formula is C22H27N3O4. The first-order chi connectivity index (χ1) is 14.1. The first-order valence-electron chi connectivity index (χ1n) is 10.5. The minimum absolute atomic E-state index is 0.177. The number of aromatic nitrogens is 2. The van der Waals surface area contributed by atoms with Crippen molar-refractivity contribution in [3.8, 4) is 0 Å². The summed E-state index contributed by atoms with van der Waals surface area (Å²) >= 11 is 0. The third-order valence-electron chi connectivity index (χ3n) is 5.93. The molecule has 1 amide bonds. The number of piperidine rings is 1. The van der Waals surface area contributed by atoms with Crippen molar-refractivity contribution in [2.45, 2.75) is 57.3 Å². The third-order valence-corrected chi connectivity index (χ3v) is 5.93. The van der Waals surface area contributed by atoms with Gasteiger partial charge >= 0.3 is 5.97 Å². The summed E-state index contributed by atoms with van der Waals surface area (Å²) in [5.41, 5.74) is 1.27. The second-order valence-electron chi connectivity index (χ2n) is 8.16. The van der Waals surface area contributed by atoms with Gasteiger partial charge in [-0.15, -0.1) is 0 Å². The van der Waals surface area contributed by atoms with Gasteiger partial charge in [0.1, 0.15) is 0 Å². The van der Waals surface area contributed by atoms with Crippen molar-refractivity contribution in [2.24, 2.45) is 5.92 Å². The van der Waals surface area contributed by atoms with Crippen molar-refractivity contribution < 1.29 is 19.2 Å². The maximum atomic E-state index is 12.5. The van der Waals surface area contributed by atoms with Gasteiger partial charge in [-0.05, 0) is 56.1 Å². The standard InChI is InChI=1S/C22H27N3O4/c26-20(7-3-6-19-23-21(24-29-19)16-8-9-16)25-12-10-15(11-13-25)14-17-4-1-2-5-18(17)22(27)28/h1-2,4-5,15-16H,3,6-14H2,(H,27,28). The van der Waals surface area contributed by atoms with Crippen molar-refractivity contribution in [3.05, 3.63) is 47.1 Å². The summed E-state index contributed by atoms with van der Waals surface area (Å²) in [5.74, 6) is 1.65. The van der Waals surface area contributed by atoms with Crippen LogP contribution < -0.4 is 0 Å². The van der Waals surface area contributed by atoms with Crippen molar-refractivity contribution in [2.75, 3.05) is 13.1 Å². The molecule has 7 nitrogen and oxygen atoms in total. The van der Waals surface area contributed by atoms with Gasteiger partial charge in [-0.3, -0.25) is 4.79 Å². The van der Waals surface area contributed by atoms with Crippen molar-refractivity contribution in [3.63, 3.8) is 0 Å². The van der Waals surface area contributed by atoms with E-state index >= 15 is 0 Å². The van der Waals surface area contributed by atoms with Gasteiger partial charge < -0.3 is 14.5 Å². The normalized spacial score (nSPS) is 17.4. The molecule has 0 spiro atoms. The lowest BCUT2D eigenvalue weighted by atomic mass is 9.88. The molecule has 2 fully saturated rings. The van der Waals surface area contributed by atoms with E-state index in [-0.39, 0.29) is 5.91 Å². The Morgan fingerprint density at radius 3 is 2.62 bits per heavy atom. The molecule has 1 saturated carbocycles. The zero-order chi connectivity index (χ0) is 20.2. The van der Waals surface area contributed by atoms with Crippen LogP contribution in [0.2, 0.25) is 0 Å². The number of aromatic carboxylic acids is 1. The summed E-state index contributed by atoms with van der Waals surface area (Å²) in [6.45, 7) is 1.48. The number of carboxylic acids is 1. The molecule has 2 aliphatic rings. The van der Waals surface area contributed by atoms with Crippen LogP contribution in [0.25, 0.3) is 0 Å². The Hall–Kier alpha value is -2.70. The lowest BCUT2D eigenvalue weighted by molar-refractivity contribution is -0.132. The maximum absolute atomic E-state index is 12.5. The number of aryl methyl sites for hydroxylation is 1. The van der Waals surface area contributed by atoms with Crippen LogP contribution in [0.3, 0.4) is 0 Å². The first kappa shape index (κ1) is 19.6. The average molecular weight is 397 g/mol. The lowest BCUT2D eigenvalue weighted by Crippen LogP contribution is -2.38. The van der Waals surface area contributed by atoms with E-state index in [0.717, 1.165) is 63.0 Å². The van der Waals surface area contributed by atoms with Crippen LogP contribution in [0, 0.1) is 5.92 Å². The molecule has 1 saturated heterocycles. The van der Waals surface area contributed by atoms with E-state index in [1.54, 1.807) is 12.1 Å². The van der Waals surface area contributed by atoms with E-state index in [4.69, 9.17) is 4.52 Å². The van der Waals surface area contributed by atoms with E-state index in [9.17, 15) is 14.7 Å². The van der Waals surface area contributed by atoms with Gasteiger partial charge in [0.25, 0.3) is 0 Å². The molecule has 2 aromatic rings. The Balaban J connectivity index is 1.20. The van der Waals surface area contributed by atoms with Crippen LogP contribution in [0.4, 0.5) is 0 Å². The molecule has 1 aromatic carbocycles. The number of carboxylic acid groups (broad SMARTS) is 1. The number of nitrogens with zero attached hydrogens (tertiary/aromatic N) is 3. The van der Waals surface area contributed by atoms with E-state index < -0.39 is 5.97 Å². The summed E-state index contributed by atoms with van der Waals surface area (Å²) < 4.78 is 5.26. The zero-order valence-electron chi connectivity index (χ0n) is 16.5. The van der Waals surface area contributed by atoms with Crippen molar-refractivity contribution in [1.82, 2.24) is 15.0 Å². The van der Waals surface area contributed by atoms with E-state index in [1.165, 1.54) is 0 Å². The second kappa shape index (κ2) is 8.76. The fourth-order valence-corrected chi connectivity index (χ4v) is 4.03. The third kappa shape index (κ3) is 5.02. The predicted octanol–water partition coefficient (Wildman–Crippen LogP) is 3.45. The summed E-state index contributed by atoms with van der Waals surface area (Å²) in [4.78, 5) is 30.2. The largest absolute Gasteiger partial charge is 0.478 e. The van der Waals surface area contributed by atoms with Crippen LogP contribution in [0.15, 0.2) is 28.8 Å². The number of benzene rings is 1. The number of amides is 1. The van der Waals surface area contributed by atoms with Crippen LogP contribution in [-0.4, -0.2) is 45.1 Å². The monoisotopic (exact) mass is 397 g/mol. The number of carbonyl (C=O) groups is 2. The molecule has 0 atom stereocenters. The number of rotatable bonds is 8. The second-order valence-corrected chi connectivity index (χ2v) is 8.16. The Morgan fingerprint density at radius 1 is 1.14 bits per heavy atom. The summed E-state index contributed by atoms with van der Waals surface area (Å²) in [5, 5.41) is 13.3. The van der Waals surface area contributed by atoms with Gasteiger partial charge in [0.05, 0.1) is 5.56 Å². The Morgan fingerprint density at radius 2 is 1.90 bits per heavy atom. The average Bonchev–Trinajstić information content (AvgIpc) is 3.47. The highest BCUT2D eigenvalue weighted by Crippen LogP contribution is 2.38. The molecule has 0 unspecified atom stereocenters. The van der Waals surface area contributed by atoms with Gasteiger partial charge in [-0.25, -0.2) is 4.79 Å². The summed E-state index contributed by atoms with van der Waals surface area (Å²) in [6, 6.07) is 7.20. The topological polar surface area (TPSA) is 96.5 Å². The van der Waals surface area contributed by atoms with Crippen molar-refractivity contribution >= 4 is 11.9 Å². The van der Waals surface area contributed by atoms with Crippen LogP contribution in [-0.2, 0) is 17.6 Å². The zero-order valence-corrected chi connectivity index (χ0v) is 16.5. The fourth-order valence-electron chi connectivity index (χ4n) is 4.03. The predicted molar refractivity (Wildman–Crippen MR) is 106 cm³/mol. The molecule has 1 aliphatic carbocycles. The maximum Gasteiger partial charge on any atom is 0.335 e. The first-order valence-corrected chi connectivity index (χ1v) is 10.5. The van der Waals surface area contributed by atoms with Gasteiger partial charge in [0, 0.05) is 31.8 Å². The SMILES string of the molecule is O=C(O)c1ccccc1CC1CCN(C(=O)CCCc2nc(C3CC3)no2)CC1.